The third kappa shape index (κ3) is 4.24. The van der Waals surface area contributed by atoms with Gasteiger partial charge in [0.1, 0.15) is 5.01 Å². The highest BCUT2D eigenvalue weighted by Crippen LogP contribution is 2.28. The number of rotatable bonds is 5. The molecule has 0 atom stereocenters. The fourth-order valence-corrected chi connectivity index (χ4v) is 3.55. The Kier molecular flexibility index (Phi) is 5.18. The molecule has 1 saturated carbocycles. The Balaban J connectivity index is 1.62. The van der Waals surface area contributed by atoms with Crippen LogP contribution in [0.3, 0.4) is 0 Å². The van der Waals surface area contributed by atoms with Crippen molar-refractivity contribution in [1.82, 2.24) is 10.3 Å². The predicted octanol–water partition coefficient (Wildman–Crippen LogP) is 3.98. The molecule has 122 valence electrons. The molecule has 3 N–H and O–H groups in total. The summed E-state index contributed by atoms with van der Waals surface area (Å²) in [6.45, 7) is 3.53. The lowest BCUT2D eigenvalue weighted by atomic mass is 9.85. The third-order valence-electron chi connectivity index (χ3n) is 4.14. The second-order valence-electron chi connectivity index (χ2n) is 5.90. The van der Waals surface area contributed by atoms with Gasteiger partial charge in [-0.3, -0.25) is 0 Å². The maximum absolute atomic E-state index is 5.94. The Labute approximate surface area is 145 Å². The number of aliphatic imine (C=N–C) groups is 1. The van der Waals surface area contributed by atoms with Crippen LogP contribution in [-0.2, 0) is 6.54 Å². The van der Waals surface area contributed by atoms with E-state index >= 15 is 0 Å². The number of hydrogen-bond acceptors (Lipinski definition) is 3. The van der Waals surface area contributed by atoms with Crippen molar-refractivity contribution < 1.29 is 0 Å². The Morgan fingerprint density at radius 3 is 2.78 bits per heavy atom. The van der Waals surface area contributed by atoms with Crippen molar-refractivity contribution in [2.24, 2.45) is 16.6 Å². The Bertz CT molecular complexity index is 689. The van der Waals surface area contributed by atoms with E-state index in [2.05, 4.69) is 22.2 Å². The molecule has 6 heteroatoms. The first-order valence-corrected chi connectivity index (χ1v) is 9.07. The quantitative estimate of drug-likeness (QED) is 0.634. The largest absolute Gasteiger partial charge is 0.370 e. The van der Waals surface area contributed by atoms with Crippen molar-refractivity contribution >= 4 is 28.9 Å². The van der Waals surface area contributed by atoms with Gasteiger partial charge in [-0.25, -0.2) is 9.98 Å². The van der Waals surface area contributed by atoms with Crippen LogP contribution in [0.15, 0.2) is 29.3 Å². The zero-order valence-electron chi connectivity index (χ0n) is 13.2. The maximum Gasteiger partial charge on any atom is 0.189 e. The Hall–Kier alpha value is -1.59. The Morgan fingerprint density at radius 1 is 1.39 bits per heavy atom. The molecule has 0 aliphatic heterocycles. The first-order valence-electron chi connectivity index (χ1n) is 7.88. The molecule has 3 rings (SSSR count). The lowest BCUT2D eigenvalue weighted by molar-refractivity contribution is 0.315. The fourth-order valence-electron chi connectivity index (χ4n) is 2.55. The highest BCUT2D eigenvalue weighted by Gasteiger charge is 2.16. The molecule has 23 heavy (non-hydrogen) atoms. The van der Waals surface area contributed by atoms with Gasteiger partial charge in [0, 0.05) is 22.0 Å². The minimum atomic E-state index is 0.512. The van der Waals surface area contributed by atoms with Crippen molar-refractivity contribution in [2.75, 3.05) is 6.54 Å². The molecule has 1 aliphatic rings. The molecular formula is C17H21ClN4S. The smallest absolute Gasteiger partial charge is 0.189 e. The van der Waals surface area contributed by atoms with Gasteiger partial charge in [-0.2, -0.15) is 0 Å². The van der Waals surface area contributed by atoms with Gasteiger partial charge in [0.15, 0.2) is 5.96 Å². The molecule has 0 unspecified atom stereocenters. The average Bonchev–Trinajstić information content (AvgIpc) is 2.85. The van der Waals surface area contributed by atoms with Crippen LogP contribution in [0.25, 0.3) is 11.3 Å². The zero-order chi connectivity index (χ0) is 16.2. The number of hydrogen-bond donors (Lipinski definition) is 2. The topological polar surface area (TPSA) is 63.3 Å². The molecular weight excluding hydrogens is 328 g/mol. The predicted molar refractivity (Wildman–Crippen MR) is 98.0 cm³/mol. The highest BCUT2D eigenvalue weighted by molar-refractivity contribution is 7.12. The van der Waals surface area contributed by atoms with Gasteiger partial charge in [0.2, 0.25) is 0 Å². The summed E-state index contributed by atoms with van der Waals surface area (Å²) in [4.78, 5) is 10.3. The summed E-state index contributed by atoms with van der Waals surface area (Å²) in [6, 6.07) is 7.75. The van der Waals surface area contributed by atoms with Crippen LogP contribution in [0.2, 0.25) is 5.02 Å². The molecule has 0 radical (unpaired) electrons. The van der Waals surface area contributed by atoms with Gasteiger partial charge in [0.05, 0.1) is 12.2 Å². The second-order valence-corrected chi connectivity index (χ2v) is 7.62. The number of nitrogens with two attached hydrogens (primary N) is 1. The van der Waals surface area contributed by atoms with E-state index in [0.29, 0.717) is 12.5 Å². The molecule has 1 aliphatic carbocycles. The maximum atomic E-state index is 5.94. The van der Waals surface area contributed by atoms with E-state index in [9.17, 15) is 0 Å². The normalized spacial score (nSPS) is 15.5. The van der Waals surface area contributed by atoms with Crippen LogP contribution >= 0.6 is 22.9 Å². The lowest BCUT2D eigenvalue weighted by Crippen LogP contribution is -2.37. The standard InChI is InChI=1S/C17H21ClN4S/c1-11-16(13-5-7-14(18)8-6-13)22-15(23-11)10-21-17(19)20-9-12-3-2-4-12/h5-8,12H,2-4,9-10H2,1H3,(H3,19,20,21). The molecule has 0 saturated heterocycles. The van der Waals surface area contributed by atoms with Crippen molar-refractivity contribution in [3.63, 3.8) is 0 Å². The number of benzene rings is 1. The molecule has 1 heterocycles. The second kappa shape index (κ2) is 7.32. The summed E-state index contributed by atoms with van der Waals surface area (Å²) in [6.07, 6.45) is 3.95. The van der Waals surface area contributed by atoms with E-state index in [0.717, 1.165) is 33.8 Å². The highest BCUT2D eigenvalue weighted by atomic mass is 35.5. The number of thiazole rings is 1. The molecule has 0 spiro atoms. The van der Waals surface area contributed by atoms with E-state index in [4.69, 9.17) is 17.3 Å². The van der Waals surface area contributed by atoms with Crippen LogP contribution in [-0.4, -0.2) is 17.5 Å². The summed E-state index contributed by atoms with van der Waals surface area (Å²) < 4.78 is 0. The van der Waals surface area contributed by atoms with Crippen LogP contribution in [0.5, 0.6) is 0 Å². The molecule has 1 aromatic heterocycles. The van der Waals surface area contributed by atoms with Gasteiger partial charge in [-0.1, -0.05) is 30.2 Å². The number of nitrogens with one attached hydrogen (secondary N) is 1. The van der Waals surface area contributed by atoms with E-state index in [1.807, 2.05) is 24.3 Å². The SMILES string of the molecule is Cc1sc(CN=C(N)NCC2CCC2)nc1-c1ccc(Cl)cc1. The third-order valence-corrected chi connectivity index (χ3v) is 5.35. The van der Waals surface area contributed by atoms with Crippen molar-refractivity contribution in [2.45, 2.75) is 32.7 Å². The minimum absolute atomic E-state index is 0.512. The van der Waals surface area contributed by atoms with Gasteiger partial charge < -0.3 is 11.1 Å². The lowest BCUT2D eigenvalue weighted by Gasteiger charge is -2.25. The molecule has 1 aromatic carbocycles. The van der Waals surface area contributed by atoms with Crippen LogP contribution < -0.4 is 11.1 Å². The summed E-state index contributed by atoms with van der Waals surface area (Å²) in [5, 5.41) is 4.91. The molecule has 4 nitrogen and oxygen atoms in total. The molecule has 1 fully saturated rings. The number of aryl methyl sites for hydroxylation is 1. The van der Waals surface area contributed by atoms with Crippen LogP contribution in [0, 0.1) is 12.8 Å². The Morgan fingerprint density at radius 2 is 2.13 bits per heavy atom. The monoisotopic (exact) mass is 348 g/mol. The van der Waals surface area contributed by atoms with Crippen molar-refractivity contribution in [3.8, 4) is 11.3 Å². The molecule has 0 amide bonds. The van der Waals surface area contributed by atoms with Gasteiger partial charge >= 0.3 is 0 Å². The first kappa shape index (κ1) is 16.3. The van der Waals surface area contributed by atoms with E-state index < -0.39 is 0 Å². The van der Waals surface area contributed by atoms with E-state index in [-0.39, 0.29) is 0 Å². The number of halogens is 1. The van der Waals surface area contributed by atoms with E-state index in [1.54, 1.807) is 11.3 Å². The molecule has 2 aromatic rings. The van der Waals surface area contributed by atoms with Crippen molar-refractivity contribution in [1.29, 1.82) is 0 Å². The number of guanidine groups is 1. The minimum Gasteiger partial charge on any atom is -0.370 e. The summed E-state index contributed by atoms with van der Waals surface area (Å²) in [5.74, 6) is 1.28. The molecule has 0 bridgehead atoms. The van der Waals surface area contributed by atoms with Gasteiger partial charge in [0.25, 0.3) is 0 Å². The summed E-state index contributed by atoms with van der Waals surface area (Å²) in [5.41, 5.74) is 8.00. The van der Waals surface area contributed by atoms with Crippen LogP contribution in [0.4, 0.5) is 0 Å². The summed E-state index contributed by atoms with van der Waals surface area (Å²) in [7, 11) is 0. The number of nitrogens with zero attached hydrogens (tertiary/aromatic N) is 2. The fraction of sp³-hybridized carbons (Fsp3) is 0.412. The van der Waals surface area contributed by atoms with E-state index in [1.165, 1.54) is 24.1 Å². The van der Waals surface area contributed by atoms with Gasteiger partial charge in [-0.15, -0.1) is 11.3 Å². The van der Waals surface area contributed by atoms with Gasteiger partial charge in [-0.05, 0) is 37.8 Å². The van der Waals surface area contributed by atoms with Crippen molar-refractivity contribution in [3.05, 3.63) is 39.2 Å². The number of aromatic nitrogens is 1. The zero-order valence-corrected chi connectivity index (χ0v) is 14.8. The first-order chi connectivity index (χ1) is 11.1. The van der Waals surface area contributed by atoms with Crippen LogP contribution in [0.1, 0.15) is 29.1 Å². The summed E-state index contributed by atoms with van der Waals surface area (Å²) >= 11 is 7.60. The average molecular weight is 349 g/mol.